The summed E-state index contributed by atoms with van der Waals surface area (Å²) in [5, 5.41) is 0. The molecule has 0 fully saturated rings. The van der Waals surface area contributed by atoms with Gasteiger partial charge in [-0.3, -0.25) is 0 Å². The Morgan fingerprint density at radius 3 is 2.39 bits per heavy atom. The number of aryl methyl sites for hydroxylation is 2. The highest BCUT2D eigenvalue weighted by molar-refractivity contribution is 7.41. The molecular weight excluding hydrogens is 311 g/mol. The van der Waals surface area contributed by atoms with Crippen molar-refractivity contribution in [3.8, 4) is 5.75 Å². The molecule has 0 aliphatic carbocycles. The van der Waals surface area contributed by atoms with Crippen LogP contribution in [0.3, 0.4) is 0 Å². The fourth-order valence-corrected chi connectivity index (χ4v) is 3.36. The summed E-state index contributed by atoms with van der Waals surface area (Å²) in [7, 11) is -2.32. The minimum Gasteiger partial charge on any atom is -0.418 e. The van der Waals surface area contributed by atoms with Gasteiger partial charge in [0.1, 0.15) is 5.75 Å². The highest BCUT2D eigenvalue weighted by atomic mass is 31.2. The molecule has 1 atom stereocenters. The Balaban J connectivity index is 2.18. The van der Waals surface area contributed by atoms with E-state index in [1.807, 2.05) is 32.9 Å². The Bertz CT molecular complexity index is 698. The minimum atomic E-state index is -2.32. The van der Waals surface area contributed by atoms with Crippen LogP contribution in [0.15, 0.2) is 36.4 Å². The largest absolute Gasteiger partial charge is 0.462 e. The van der Waals surface area contributed by atoms with Crippen LogP contribution in [-0.2, 0) is 10.9 Å². The van der Waals surface area contributed by atoms with Gasteiger partial charge in [0.25, 0.3) is 0 Å². The quantitative estimate of drug-likeness (QED) is 0.811. The number of rotatable bonds is 5. The summed E-state index contributed by atoms with van der Waals surface area (Å²) in [6.45, 7) is 7.86. The van der Waals surface area contributed by atoms with Gasteiger partial charge in [0.05, 0.1) is 5.56 Å². The molecule has 23 heavy (non-hydrogen) atoms. The van der Waals surface area contributed by atoms with Crippen LogP contribution in [0.2, 0.25) is 0 Å². The van der Waals surface area contributed by atoms with E-state index < -0.39 is 14.6 Å². The first-order valence-electron chi connectivity index (χ1n) is 7.48. The van der Waals surface area contributed by atoms with Crippen molar-refractivity contribution >= 4 is 14.6 Å². The van der Waals surface area contributed by atoms with Crippen LogP contribution < -0.4 is 4.52 Å². The van der Waals surface area contributed by atoms with Crippen molar-refractivity contribution in [2.45, 2.75) is 34.1 Å². The zero-order valence-electron chi connectivity index (χ0n) is 13.8. The van der Waals surface area contributed by atoms with Gasteiger partial charge in [0.15, 0.2) is 0 Å². The fraction of sp³-hybridized carbons (Fsp3) is 0.278. The first kappa shape index (κ1) is 17.5. The van der Waals surface area contributed by atoms with Crippen LogP contribution in [-0.4, -0.2) is 10.9 Å². The molecule has 5 heteroatoms. The van der Waals surface area contributed by atoms with Crippen LogP contribution in [0.4, 0.5) is 0 Å². The van der Waals surface area contributed by atoms with E-state index in [1.54, 1.807) is 24.3 Å². The first-order chi connectivity index (χ1) is 10.9. The fourth-order valence-electron chi connectivity index (χ4n) is 2.79. The van der Waals surface area contributed by atoms with Gasteiger partial charge < -0.3 is 13.9 Å². The van der Waals surface area contributed by atoms with Crippen molar-refractivity contribution in [2.24, 2.45) is 0 Å². The van der Waals surface area contributed by atoms with E-state index in [-0.39, 0.29) is 0 Å². The minimum absolute atomic E-state index is 0.459. The number of carbonyl (C=O) groups excluding carboxylic acids is 1. The molecule has 0 amide bonds. The summed E-state index contributed by atoms with van der Waals surface area (Å²) < 4.78 is 10.3. The summed E-state index contributed by atoms with van der Waals surface area (Å²) >= 11 is 0. The lowest BCUT2D eigenvalue weighted by atomic mass is 9.92. The second-order valence-electron chi connectivity index (χ2n) is 5.36. The van der Waals surface area contributed by atoms with Crippen LogP contribution in [0.1, 0.15) is 39.5 Å². The molecule has 122 valence electrons. The molecule has 4 nitrogen and oxygen atoms in total. The number of benzene rings is 2. The molecule has 0 saturated carbocycles. The lowest BCUT2D eigenvalue weighted by molar-refractivity contribution is 0.0716. The molecule has 2 aromatic rings. The topological polar surface area (TPSA) is 55.8 Å². The predicted molar refractivity (Wildman–Crippen MR) is 91.7 cm³/mol. The van der Waals surface area contributed by atoms with Crippen molar-refractivity contribution in [1.29, 1.82) is 0 Å². The van der Waals surface area contributed by atoms with Gasteiger partial charge in [0, 0.05) is 0 Å². The number of hydrogen-bond donors (Lipinski definition) is 1. The van der Waals surface area contributed by atoms with Crippen LogP contribution >= 0.6 is 8.60 Å². The van der Waals surface area contributed by atoms with E-state index in [1.165, 1.54) is 0 Å². The van der Waals surface area contributed by atoms with Crippen molar-refractivity contribution in [3.05, 3.63) is 64.2 Å². The Hall–Kier alpha value is -1.90. The third-order valence-corrected chi connectivity index (χ3v) is 4.47. The molecule has 0 aliphatic heterocycles. The van der Waals surface area contributed by atoms with E-state index in [9.17, 15) is 9.69 Å². The van der Waals surface area contributed by atoms with Gasteiger partial charge in [0.2, 0.25) is 0 Å². The normalized spacial score (nSPS) is 11.9. The van der Waals surface area contributed by atoms with E-state index >= 15 is 0 Å². The van der Waals surface area contributed by atoms with Crippen molar-refractivity contribution in [1.82, 2.24) is 0 Å². The number of hydrogen-bond acceptors (Lipinski definition) is 4. The monoisotopic (exact) mass is 332 g/mol. The van der Waals surface area contributed by atoms with E-state index in [4.69, 9.17) is 9.05 Å². The Morgan fingerprint density at radius 2 is 1.78 bits per heavy atom. The standard InChI is InChI=1S/C18H21O4P/c1-5-16-12(2)11-13(3)17(14(16)4)18(19)22-23(20)21-15-9-7-6-8-10-15/h6-11,20H,5H2,1-4H3. The van der Waals surface area contributed by atoms with Crippen LogP contribution in [0.5, 0.6) is 5.75 Å². The van der Waals surface area contributed by atoms with Gasteiger partial charge in [-0.2, -0.15) is 0 Å². The second kappa shape index (κ2) is 7.58. The van der Waals surface area contributed by atoms with Crippen LogP contribution in [0.25, 0.3) is 0 Å². The average molecular weight is 332 g/mol. The Kier molecular flexibility index (Phi) is 5.75. The van der Waals surface area contributed by atoms with Gasteiger partial charge >= 0.3 is 14.6 Å². The maximum absolute atomic E-state index is 12.4. The summed E-state index contributed by atoms with van der Waals surface area (Å²) in [4.78, 5) is 22.3. The van der Waals surface area contributed by atoms with Gasteiger partial charge in [-0.1, -0.05) is 31.2 Å². The summed E-state index contributed by atoms with van der Waals surface area (Å²) in [5.74, 6) is -0.0975. The molecule has 0 radical (unpaired) electrons. The Labute approximate surface area is 138 Å². The summed E-state index contributed by atoms with van der Waals surface area (Å²) in [6, 6.07) is 10.8. The highest BCUT2D eigenvalue weighted by Crippen LogP contribution is 2.36. The molecule has 0 bridgehead atoms. The molecule has 1 unspecified atom stereocenters. The average Bonchev–Trinajstić information content (AvgIpc) is 2.47. The molecule has 2 rings (SSSR count). The van der Waals surface area contributed by atoms with Gasteiger partial charge in [-0.05, 0) is 61.6 Å². The molecule has 0 aliphatic rings. The highest BCUT2D eigenvalue weighted by Gasteiger charge is 2.22. The summed E-state index contributed by atoms with van der Waals surface area (Å²) in [6.07, 6.45) is 0.840. The van der Waals surface area contributed by atoms with Crippen molar-refractivity contribution in [2.75, 3.05) is 0 Å². The molecule has 2 aromatic carbocycles. The van der Waals surface area contributed by atoms with E-state index in [0.29, 0.717) is 11.3 Å². The molecule has 0 heterocycles. The molecule has 1 N–H and O–H groups in total. The lowest BCUT2D eigenvalue weighted by Crippen LogP contribution is -2.10. The second-order valence-corrected chi connectivity index (χ2v) is 6.20. The third-order valence-electron chi connectivity index (χ3n) is 3.78. The first-order valence-corrected chi connectivity index (χ1v) is 8.61. The van der Waals surface area contributed by atoms with Crippen molar-refractivity contribution < 1.29 is 18.7 Å². The molecule has 0 aromatic heterocycles. The summed E-state index contributed by atoms with van der Waals surface area (Å²) in [5.41, 5.74) is 4.54. The van der Waals surface area contributed by atoms with Crippen molar-refractivity contribution in [3.63, 3.8) is 0 Å². The number of carbonyl (C=O) groups is 1. The smallest absolute Gasteiger partial charge is 0.418 e. The van der Waals surface area contributed by atoms with Crippen LogP contribution in [0, 0.1) is 20.8 Å². The predicted octanol–water partition coefficient (Wildman–Crippen LogP) is 4.63. The maximum Gasteiger partial charge on any atom is 0.462 e. The third kappa shape index (κ3) is 4.10. The zero-order valence-corrected chi connectivity index (χ0v) is 14.7. The Morgan fingerprint density at radius 1 is 1.13 bits per heavy atom. The lowest BCUT2D eigenvalue weighted by Gasteiger charge is -2.17. The number of para-hydroxylation sites is 1. The molecule has 0 saturated heterocycles. The SMILES string of the molecule is CCc1c(C)cc(C)c(C(=O)OP(O)Oc2ccccc2)c1C. The van der Waals surface area contributed by atoms with E-state index in [0.717, 1.165) is 28.7 Å². The van der Waals surface area contributed by atoms with Gasteiger partial charge in [-0.25, -0.2) is 4.79 Å². The molecule has 0 spiro atoms. The zero-order chi connectivity index (χ0) is 17.0. The van der Waals surface area contributed by atoms with E-state index in [2.05, 4.69) is 6.92 Å². The van der Waals surface area contributed by atoms with Gasteiger partial charge in [-0.15, -0.1) is 0 Å². The molecular formula is C18H21O4P. The maximum atomic E-state index is 12.4.